The average Bonchev–Trinajstić information content (AvgIpc) is 2.70. The summed E-state index contributed by atoms with van der Waals surface area (Å²) in [6.07, 6.45) is 3.32. The van der Waals surface area contributed by atoms with Crippen LogP contribution in [-0.4, -0.2) is 25.5 Å². The van der Waals surface area contributed by atoms with Gasteiger partial charge in [0.25, 0.3) is 0 Å². The number of amides is 1. The third-order valence-electron chi connectivity index (χ3n) is 4.48. The molecule has 2 aromatic rings. The molecule has 3 rings (SSSR count). The van der Waals surface area contributed by atoms with Crippen molar-refractivity contribution in [1.82, 2.24) is 5.32 Å². The van der Waals surface area contributed by atoms with E-state index in [4.69, 9.17) is 4.74 Å². The molecule has 0 aliphatic carbocycles. The molecular formula is C22H24N2O3. The highest BCUT2D eigenvalue weighted by Crippen LogP contribution is 2.27. The molecule has 1 N–H and O–H groups in total. The minimum atomic E-state index is -0.251. The summed E-state index contributed by atoms with van der Waals surface area (Å²) in [5, 5.41) is 2.89. The van der Waals surface area contributed by atoms with E-state index in [1.165, 1.54) is 0 Å². The predicted octanol–water partition coefficient (Wildman–Crippen LogP) is 3.20. The standard InChI is InChI=1S/C22H24N2O3/c1-24-15-19(14-18-10-5-6-11-20(18)24)22(26)23-13-7-12-21(25)27-16-17-8-3-2-4-9-17/h2-6,8-11,15H,7,12-14,16H2,1H3,(H,23,26). The zero-order valence-corrected chi connectivity index (χ0v) is 15.5. The van der Waals surface area contributed by atoms with Crippen molar-refractivity contribution in [2.75, 3.05) is 18.5 Å². The van der Waals surface area contributed by atoms with E-state index in [1.807, 2.05) is 72.7 Å². The van der Waals surface area contributed by atoms with Crippen LogP contribution in [0.4, 0.5) is 5.69 Å². The lowest BCUT2D eigenvalue weighted by Crippen LogP contribution is -2.30. The largest absolute Gasteiger partial charge is 0.461 e. The number of esters is 1. The molecule has 0 saturated carbocycles. The molecule has 5 nitrogen and oxygen atoms in total. The van der Waals surface area contributed by atoms with Crippen LogP contribution < -0.4 is 10.2 Å². The van der Waals surface area contributed by atoms with Crippen molar-refractivity contribution in [3.8, 4) is 0 Å². The molecule has 0 unspecified atom stereocenters. The van der Waals surface area contributed by atoms with Crippen molar-refractivity contribution in [3.63, 3.8) is 0 Å². The quantitative estimate of drug-likeness (QED) is 0.605. The van der Waals surface area contributed by atoms with Crippen molar-refractivity contribution in [2.45, 2.75) is 25.9 Å². The third kappa shape index (κ3) is 5.20. The number of benzene rings is 2. The molecule has 27 heavy (non-hydrogen) atoms. The number of hydrogen-bond donors (Lipinski definition) is 1. The van der Waals surface area contributed by atoms with Crippen molar-refractivity contribution >= 4 is 17.6 Å². The van der Waals surface area contributed by atoms with Crippen molar-refractivity contribution in [3.05, 3.63) is 77.5 Å². The molecule has 1 amide bonds. The minimum Gasteiger partial charge on any atom is -0.461 e. The Labute approximate surface area is 159 Å². The van der Waals surface area contributed by atoms with Gasteiger partial charge in [-0.05, 0) is 23.6 Å². The van der Waals surface area contributed by atoms with Gasteiger partial charge in [-0.3, -0.25) is 9.59 Å². The number of ether oxygens (including phenoxy) is 1. The summed E-state index contributed by atoms with van der Waals surface area (Å²) in [7, 11) is 1.94. The van der Waals surface area contributed by atoms with E-state index in [0.29, 0.717) is 19.4 Å². The highest BCUT2D eigenvalue weighted by atomic mass is 16.5. The summed E-state index contributed by atoms with van der Waals surface area (Å²) in [6.45, 7) is 0.729. The first-order valence-corrected chi connectivity index (χ1v) is 9.12. The van der Waals surface area contributed by atoms with Gasteiger partial charge in [0, 0.05) is 43.9 Å². The highest BCUT2D eigenvalue weighted by Gasteiger charge is 2.19. The molecule has 5 heteroatoms. The van der Waals surface area contributed by atoms with Crippen LogP contribution >= 0.6 is 0 Å². The van der Waals surface area contributed by atoms with Crippen molar-refractivity contribution in [2.24, 2.45) is 0 Å². The monoisotopic (exact) mass is 364 g/mol. The topological polar surface area (TPSA) is 58.6 Å². The maximum atomic E-state index is 12.4. The van der Waals surface area contributed by atoms with E-state index in [0.717, 1.165) is 22.4 Å². The first-order valence-electron chi connectivity index (χ1n) is 9.12. The van der Waals surface area contributed by atoms with E-state index in [9.17, 15) is 9.59 Å². The number of fused-ring (bicyclic) bond motifs is 1. The molecule has 1 aliphatic heterocycles. The summed E-state index contributed by atoms with van der Waals surface area (Å²) >= 11 is 0. The smallest absolute Gasteiger partial charge is 0.306 e. The van der Waals surface area contributed by atoms with Gasteiger partial charge in [-0.15, -0.1) is 0 Å². The van der Waals surface area contributed by atoms with E-state index in [2.05, 4.69) is 5.32 Å². The lowest BCUT2D eigenvalue weighted by molar-refractivity contribution is -0.145. The van der Waals surface area contributed by atoms with Gasteiger partial charge in [-0.2, -0.15) is 0 Å². The Bertz CT molecular complexity index is 830. The van der Waals surface area contributed by atoms with Crippen LogP contribution in [0.1, 0.15) is 24.0 Å². The van der Waals surface area contributed by atoms with Crippen LogP contribution in [0.3, 0.4) is 0 Å². The van der Waals surface area contributed by atoms with Crippen LogP contribution in [0.15, 0.2) is 66.4 Å². The SMILES string of the molecule is CN1C=C(C(=O)NCCCC(=O)OCc2ccccc2)Cc2ccccc21. The molecule has 2 aromatic carbocycles. The fourth-order valence-corrected chi connectivity index (χ4v) is 3.06. The molecule has 1 heterocycles. The summed E-state index contributed by atoms with van der Waals surface area (Å²) < 4.78 is 5.23. The van der Waals surface area contributed by atoms with Crippen LogP contribution in [0.25, 0.3) is 0 Å². The average molecular weight is 364 g/mol. The molecule has 0 spiro atoms. The number of para-hydroxylation sites is 1. The Morgan fingerprint density at radius 3 is 2.63 bits per heavy atom. The maximum absolute atomic E-state index is 12.4. The Morgan fingerprint density at radius 2 is 1.81 bits per heavy atom. The molecule has 140 valence electrons. The van der Waals surface area contributed by atoms with Crippen LogP contribution in [0.5, 0.6) is 0 Å². The fourth-order valence-electron chi connectivity index (χ4n) is 3.06. The zero-order chi connectivity index (χ0) is 19.1. The Hall–Kier alpha value is -3.08. The lowest BCUT2D eigenvalue weighted by atomic mass is 9.99. The van der Waals surface area contributed by atoms with Gasteiger partial charge >= 0.3 is 5.97 Å². The number of nitrogens with one attached hydrogen (secondary N) is 1. The van der Waals surface area contributed by atoms with Crippen LogP contribution in [0, 0.1) is 0 Å². The summed E-state index contributed by atoms with van der Waals surface area (Å²) in [5.41, 5.74) is 3.95. The third-order valence-corrected chi connectivity index (χ3v) is 4.48. The second-order valence-corrected chi connectivity index (χ2v) is 6.58. The first-order chi connectivity index (χ1) is 13.1. The second kappa shape index (κ2) is 9.03. The van der Waals surface area contributed by atoms with Crippen molar-refractivity contribution in [1.29, 1.82) is 0 Å². The normalized spacial score (nSPS) is 12.8. The number of rotatable bonds is 7. The maximum Gasteiger partial charge on any atom is 0.306 e. The fraction of sp³-hybridized carbons (Fsp3) is 0.273. The second-order valence-electron chi connectivity index (χ2n) is 6.58. The summed E-state index contributed by atoms with van der Waals surface area (Å²) in [5.74, 6) is -0.340. The molecule has 0 radical (unpaired) electrons. The Kier molecular flexibility index (Phi) is 6.26. The molecule has 0 fully saturated rings. The highest BCUT2D eigenvalue weighted by molar-refractivity contribution is 5.95. The molecule has 0 aromatic heterocycles. The van der Waals surface area contributed by atoms with Gasteiger partial charge in [-0.1, -0.05) is 48.5 Å². The van der Waals surface area contributed by atoms with Gasteiger partial charge in [0.1, 0.15) is 6.61 Å². The van der Waals surface area contributed by atoms with Crippen LogP contribution in [0.2, 0.25) is 0 Å². The van der Waals surface area contributed by atoms with Gasteiger partial charge in [0.15, 0.2) is 0 Å². The van der Waals surface area contributed by atoms with E-state index < -0.39 is 0 Å². The lowest BCUT2D eigenvalue weighted by Gasteiger charge is -2.25. The summed E-state index contributed by atoms with van der Waals surface area (Å²) in [4.78, 5) is 26.1. The predicted molar refractivity (Wildman–Crippen MR) is 105 cm³/mol. The number of anilines is 1. The molecule has 0 atom stereocenters. The number of carbonyl (C=O) groups is 2. The van der Waals surface area contributed by atoms with E-state index >= 15 is 0 Å². The number of carbonyl (C=O) groups excluding carboxylic acids is 2. The Morgan fingerprint density at radius 1 is 1.07 bits per heavy atom. The van der Waals surface area contributed by atoms with Crippen LogP contribution in [-0.2, 0) is 27.4 Å². The molecule has 0 saturated heterocycles. The van der Waals surface area contributed by atoms with Gasteiger partial charge in [-0.25, -0.2) is 0 Å². The zero-order valence-electron chi connectivity index (χ0n) is 15.5. The first kappa shape index (κ1) is 18.7. The number of nitrogens with zero attached hydrogens (tertiary/aromatic N) is 1. The van der Waals surface area contributed by atoms with Gasteiger partial charge < -0.3 is 15.0 Å². The van der Waals surface area contributed by atoms with E-state index in [-0.39, 0.29) is 24.9 Å². The molecule has 0 bridgehead atoms. The summed E-state index contributed by atoms with van der Waals surface area (Å²) in [6, 6.07) is 17.6. The van der Waals surface area contributed by atoms with Gasteiger partial charge in [0.2, 0.25) is 5.91 Å². The minimum absolute atomic E-state index is 0.0889. The Balaban J connectivity index is 1.38. The van der Waals surface area contributed by atoms with Gasteiger partial charge in [0.05, 0.1) is 0 Å². The number of hydrogen-bond acceptors (Lipinski definition) is 4. The molecule has 1 aliphatic rings. The molecular weight excluding hydrogens is 340 g/mol. The van der Waals surface area contributed by atoms with Crippen molar-refractivity contribution < 1.29 is 14.3 Å². The van der Waals surface area contributed by atoms with E-state index in [1.54, 1.807) is 0 Å².